The summed E-state index contributed by atoms with van der Waals surface area (Å²) < 4.78 is 0. The molecule has 0 atom stereocenters. The maximum absolute atomic E-state index is 9.50. The highest BCUT2D eigenvalue weighted by Gasteiger charge is 2.03. The van der Waals surface area contributed by atoms with E-state index in [4.69, 9.17) is 0 Å². The second kappa shape index (κ2) is 2.94. The van der Waals surface area contributed by atoms with Crippen LogP contribution in [0, 0.1) is 0 Å². The van der Waals surface area contributed by atoms with Gasteiger partial charge in [0.15, 0.2) is 0 Å². The maximum Gasteiger partial charge on any atom is 0.141 e. The third-order valence-corrected chi connectivity index (χ3v) is 2.02. The van der Waals surface area contributed by atoms with Gasteiger partial charge >= 0.3 is 0 Å². The molecule has 2 aromatic rings. The van der Waals surface area contributed by atoms with Crippen molar-refractivity contribution in [2.24, 2.45) is 0 Å². The lowest BCUT2D eigenvalue weighted by atomic mass is 10.1. The molecular weight excluding hydrogens is 164 g/mol. The van der Waals surface area contributed by atoms with Crippen molar-refractivity contribution < 1.29 is 5.11 Å². The molecule has 1 aromatic heterocycles. The van der Waals surface area contributed by atoms with Gasteiger partial charge < -0.3 is 10.4 Å². The van der Waals surface area contributed by atoms with E-state index in [1.54, 1.807) is 12.3 Å². The molecule has 2 rings (SSSR count). The van der Waals surface area contributed by atoms with Crippen LogP contribution < -0.4 is 5.32 Å². The maximum atomic E-state index is 9.50. The molecule has 0 aliphatic heterocycles. The zero-order chi connectivity index (χ0) is 9.26. The van der Waals surface area contributed by atoms with Gasteiger partial charge in [-0.15, -0.1) is 0 Å². The number of hydrogen-bond acceptors (Lipinski definition) is 3. The number of rotatable bonds is 1. The first-order valence-corrected chi connectivity index (χ1v) is 4.07. The number of phenolic OH excluding ortho intramolecular Hbond substituents is 1. The molecule has 0 saturated heterocycles. The first kappa shape index (κ1) is 7.86. The monoisotopic (exact) mass is 174 g/mol. The van der Waals surface area contributed by atoms with E-state index in [1.165, 1.54) is 0 Å². The zero-order valence-electron chi connectivity index (χ0n) is 7.28. The Morgan fingerprint density at radius 3 is 2.92 bits per heavy atom. The molecule has 0 aliphatic rings. The highest BCUT2D eigenvalue weighted by atomic mass is 16.3. The van der Waals surface area contributed by atoms with Crippen molar-refractivity contribution in [3.63, 3.8) is 0 Å². The minimum absolute atomic E-state index is 0.217. The average molecular weight is 174 g/mol. The van der Waals surface area contributed by atoms with Crippen LogP contribution in [0.2, 0.25) is 0 Å². The summed E-state index contributed by atoms with van der Waals surface area (Å²) >= 11 is 0. The van der Waals surface area contributed by atoms with Gasteiger partial charge in [0.1, 0.15) is 11.3 Å². The molecule has 0 unspecified atom stereocenters. The normalized spacial score (nSPS) is 10.2. The number of benzene rings is 1. The molecular formula is C10H10N2O. The van der Waals surface area contributed by atoms with Crippen LogP contribution in [-0.4, -0.2) is 17.1 Å². The first-order valence-electron chi connectivity index (χ1n) is 4.07. The summed E-state index contributed by atoms with van der Waals surface area (Å²) in [6.45, 7) is 0. The van der Waals surface area contributed by atoms with Crippen LogP contribution in [-0.2, 0) is 0 Å². The average Bonchev–Trinajstić information content (AvgIpc) is 2.19. The number of phenols is 1. The minimum atomic E-state index is 0.217. The van der Waals surface area contributed by atoms with E-state index in [0.29, 0.717) is 5.52 Å². The van der Waals surface area contributed by atoms with Gasteiger partial charge in [0, 0.05) is 24.3 Å². The van der Waals surface area contributed by atoms with Crippen LogP contribution in [0.3, 0.4) is 0 Å². The van der Waals surface area contributed by atoms with E-state index in [0.717, 1.165) is 11.1 Å². The standard InChI is InChI=1S/C10H10N2O/c1-11-8-4-5-9(13)10-7(8)3-2-6-12-10/h2-6,11,13H,1H3. The third-order valence-electron chi connectivity index (χ3n) is 2.02. The van der Waals surface area contributed by atoms with Crippen LogP contribution in [0.15, 0.2) is 30.5 Å². The molecule has 0 aliphatic carbocycles. The third kappa shape index (κ3) is 1.18. The molecule has 1 heterocycles. The van der Waals surface area contributed by atoms with Crippen LogP contribution in [0.4, 0.5) is 5.69 Å². The number of hydrogen-bond donors (Lipinski definition) is 2. The number of fused-ring (bicyclic) bond motifs is 1. The Hall–Kier alpha value is -1.77. The molecule has 2 N–H and O–H groups in total. The molecule has 3 nitrogen and oxygen atoms in total. The lowest BCUT2D eigenvalue weighted by molar-refractivity contribution is 0.480. The number of nitrogens with zero attached hydrogens (tertiary/aromatic N) is 1. The molecule has 13 heavy (non-hydrogen) atoms. The fourth-order valence-corrected chi connectivity index (χ4v) is 1.38. The second-order valence-corrected chi connectivity index (χ2v) is 2.78. The smallest absolute Gasteiger partial charge is 0.141 e. The Morgan fingerprint density at radius 1 is 1.31 bits per heavy atom. The summed E-state index contributed by atoms with van der Waals surface area (Å²) in [5.41, 5.74) is 1.61. The van der Waals surface area contributed by atoms with Gasteiger partial charge in [-0.1, -0.05) is 0 Å². The van der Waals surface area contributed by atoms with E-state index in [1.807, 2.05) is 25.2 Å². The first-order chi connectivity index (χ1) is 6.33. The molecule has 0 bridgehead atoms. The number of nitrogens with one attached hydrogen (secondary N) is 1. The van der Waals surface area contributed by atoms with Gasteiger partial charge in [0.25, 0.3) is 0 Å². The molecule has 0 radical (unpaired) electrons. The topological polar surface area (TPSA) is 45.1 Å². The van der Waals surface area contributed by atoms with E-state index in [9.17, 15) is 5.11 Å². The van der Waals surface area contributed by atoms with Crippen molar-refractivity contribution in [2.75, 3.05) is 12.4 Å². The second-order valence-electron chi connectivity index (χ2n) is 2.78. The Balaban J connectivity index is 2.84. The minimum Gasteiger partial charge on any atom is -0.506 e. The fraction of sp³-hybridized carbons (Fsp3) is 0.100. The molecule has 66 valence electrons. The van der Waals surface area contributed by atoms with Crippen molar-refractivity contribution >= 4 is 16.6 Å². The highest BCUT2D eigenvalue weighted by Crippen LogP contribution is 2.28. The van der Waals surface area contributed by atoms with Gasteiger partial charge in [-0.05, 0) is 24.3 Å². The van der Waals surface area contributed by atoms with E-state index in [-0.39, 0.29) is 5.75 Å². The summed E-state index contributed by atoms with van der Waals surface area (Å²) in [5, 5.41) is 13.5. The molecule has 0 saturated carbocycles. The van der Waals surface area contributed by atoms with E-state index in [2.05, 4.69) is 10.3 Å². The van der Waals surface area contributed by atoms with E-state index >= 15 is 0 Å². The molecule has 0 amide bonds. The van der Waals surface area contributed by atoms with Gasteiger partial charge in [0.05, 0.1) is 0 Å². The van der Waals surface area contributed by atoms with Gasteiger partial charge in [-0.3, -0.25) is 4.98 Å². The van der Waals surface area contributed by atoms with Crippen LogP contribution >= 0.6 is 0 Å². The fourth-order valence-electron chi connectivity index (χ4n) is 1.38. The zero-order valence-corrected chi connectivity index (χ0v) is 7.28. The predicted octanol–water partition coefficient (Wildman–Crippen LogP) is 1.98. The summed E-state index contributed by atoms with van der Waals surface area (Å²) in [6.07, 6.45) is 1.67. The summed E-state index contributed by atoms with van der Waals surface area (Å²) in [4.78, 5) is 4.10. The molecule has 0 fully saturated rings. The highest BCUT2D eigenvalue weighted by molar-refractivity contribution is 5.94. The summed E-state index contributed by atoms with van der Waals surface area (Å²) in [7, 11) is 1.85. The van der Waals surface area contributed by atoms with Crippen molar-refractivity contribution in [1.29, 1.82) is 0 Å². The predicted molar refractivity (Wildman–Crippen MR) is 53.0 cm³/mol. The van der Waals surface area contributed by atoms with Gasteiger partial charge in [-0.2, -0.15) is 0 Å². The Bertz CT molecular complexity index is 440. The number of anilines is 1. The van der Waals surface area contributed by atoms with Crippen molar-refractivity contribution in [3.8, 4) is 5.75 Å². The van der Waals surface area contributed by atoms with Crippen LogP contribution in [0.5, 0.6) is 5.75 Å². The van der Waals surface area contributed by atoms with E-state index < -0.39 is 0 Å². The van der Waals surface area contributed by atoms with Crippen molar-refractivity contribution in [3.05, 3.63) is 30.5 Å². The quantitative estimate of drug-likeness (QED) is 0.650. The Labute approximate surface area is 76.0 Å². The molecule has 1 aromatic carbocycles. The number of aromatic hydroxyl groups is 1. The van der Waals surface area contributed by atoms with Crippen molar-refractivity contribution in [1.82, 2.24) is 4.98 Å². The van der Waals surface area contributed by atoms with Gasteiger partial charge in [0.2, 0.25) is 0 Å². The summed E-state index contributed by atoms with van der Waals surface area (Å²) in [5.74, 6) is 0.217. The molecule has 0 spiro atoms. The number of pyridine rings is 1. The molecule has 3 heteroatoms. The SMILES string of the molecule is CNc1ccc(O)c2ncccc12. The lowest BCUT2D eigenvalue weighted by Crippen LogP contribution is -1.90. The summed E-state index contributed by atoms with van der Waals surface area (Å²) in [6, 6.07) is 7.25. The Kier molecular flexibility index (Phi) is 1.77. The number of aromatic nitrogens is 1. The Morgan fingerprint density at radius 2 is 2.15 bits per heavy atom. The van der Waals surface area contributed by atoms with Crippen LogP contribution in [0.1, 0.15) is 0 Å². The largest absolute Gasteiger partial charge is 0.506 e. The lowest BCUT2D eigenvalue weighted by Gasteiger charge is -2.05. The van der Waals surface area contributed by atoms with Gasteiger partial charge in [-0.25, -0.2) is 0 Å². The van der Waals surface area contributed by atoms with Crippen LogP contribution in [0.25, 0.3) is 10.9 Å². The van der Waals surface area contributed by atoms with Crippen molar-refractivity contribution in [2.45, 2.75) is 0 Å².